The van der Waals surface area contributed by atoms with E-state index < -0.39 is 5.82 Å². The zero-order valence-electron chi connectivity index (χ0n) is 11.3. The molecule has 0 atom stereocenters. The van der Waals surface area contributed by atoms with Crippen LogP contribution in [0.3, 0.4) is 0 Å². The van der Waals surface area contributed by atoms with Crippen LogP contribution in [0.15, 0.2) is 36.5 Å². The smallest absolute Gasteiger partial charge is 0.160 e. The number of anilines is 1. The van der Waals surface area contributed by atoms with Crippen LogP contribution in [0, 0.1) is 5.82 Å². The largest absolute Gasteiger partial charge is 0.396 e. The molecule has 0 aliphatic heterocycles. The van der Waals surface area contributed by atoms with Gasteiger partial charge in [0.15, 0.2) is 5.65 Å². The van der Waals surface area contributed by atoms with Gasteiger partial charge in [0.05, 0.1) is 5.69 Å². The summed E-state index contributed by atoms with van der Waals surface area (Å²) in [5, 5.41) is 0. The fourth-order valence-corrected chi connectivity index (χ4v) is 2.34. The van der Waals surface area contributed by atoms with E-state index in [0.717, 1.165) is 11.2 Å². The number of imidazole rings is 1. The first-order valence-electron chi connectivity index (χ1n) is 6.47. The highest BCUT2D eigenvalue weighted by Gasteiger charge is 2.18. The van der Waals surface area contributed by atoms with E-state index in [1.54, 1.807) is 18.3 Å². The Kier molecular flexibility index (Phi) is 2.89. The molecule has 0 radical (unpaired) electrons. The topological polar surface area (TPSA) is 56.7 Å². The molecule has 0 saturated carbocycles. The third kappa shape index (κ3) is 1.82. The number of para-hydroxylation sites is 1. The molecule has 0 aliphatic rings. The number of nitrogens with zero attached hydrogens (tertiary/aromatic N) is 3. The Balaban J connectivity index is 2.36. The molecule has 3 rings (SSSR count). The molecule has 0 fully saturated rings. The first kappa shape index (κ1) is 12.6. The van der Waals surface area contributed by atoms with E-state index in [9.17, 15) is 4.39 Å². The Morgan fingerprint density at radius 3 is 2.75 bits per heavy atom. The van der Waals surface area contributed by atoms with Crippen molar-refractivity contribution < 1.29 is 4.39 Å². The summed E-state index contributed by atoms with van der Waals surface area (Å²) in [5.41, 5.74) is 8.12. The van der Waals surface area contributed by atoms with Crippen LogP contribution in [0.5, 0.6) is 0 Å². The monoisotopic (exact) mass is 270 g/mol. The number of nitrogens with two attached hydrogens (primary N) is 1. The first-order chi connectivity index (χ1) is 9.59. The zero-order valence-corrected chi connectivity index (χ0v) is 11.3. The molecule has 0 saturated heterocycles. The summed E-state index contributed by atoms with van der Waals surface area (Å²) in [6.45, 7) is 4.07. The van der Waals surface area contributed by atoms with Crippen molar-refractivity contribution in [2.75, 3.05) is 5.73 Å². The molecule has 0 aliphatic carbocycles. The van der Waals surface area contributed by atoms with Gasteiger partial charge in [-0.2, -0.15) is 0 Å². The van der Waals surface area contributed by atoms with Crippen LogP contribution in [-0.2, 0) is 0 Å². The molecule has 102 valence electrons. The molecule has 0 spiro atoms. The zero-order chi connectivity index (χ0) is 14.3. The first-order valence-corrected chi connectivity index (χ1v) is 6.47. The minimum Gasteiger partial charge on any atom is -0.396 e. The van der Waals surface area contributed by atoms with E-state index >= 15 is 0 Å². The summed E-state index contributed by atoms with van der Waals surface area (Å²) in [4.78, 5) is 8.93. The van der Waals surface area contributed by atoms with Crippen molar-refractivity contribution in [2.45, 2.75) is 19.9 Å². The minimum atomic E-state index is -0.433. The third-order valence-corrected chi connectivity index (χ3v) is 3.26. The second kappa shape index (κ2) is 4.59. The summed E-state index contributed by atoms with van der Waals surface area (Å²) in [6, 6.07) is 8.63. The van der Waals surface area contributed by atoms with Gasteiger partial charge >= 0.3 is 0 Å². The number of halogens is 1. The van der Waals surface area contributed by atoms with Gasteiger partial charge in [-0.15, -0.1) is 0 Å². The maximum atomic E-state index is 13.7. The maximum absolute atomic E-state index is 13.7. The number of aromatic nitrogens is 3. The molecule has 3 aromatic rings. The lowest BCUT2D eigenvalue weighted by Crippen LogP contribution is -2.06. The van der Waals surface area contributed by atoms with Crippen LogP contribution in [0.2, 0.25) is 0 Å². The average Bonchev–Trinajstić information content (AvgIpc) is 2.81. The molecular weight excluding hydrogens is 255 g/mol. The SMILES string of the molecule is CC(C)n1c(-c2cccc(F)c2N)nc2cccnc21. The molecular formula is C15H15FN4. The molecule has 20 heavy (non-hydrogen) atoms. The van der Waals surface area contributed by atoms with Crippen molar-refractivity contribution in [1.82, 2.24) is 14.5 Å². The Bertz CT molecular complexity index is 777. The van der Waals surface area contributed by atoms with Crippen LogP contribution < -0.4 is 5.73 Å². The summed E-state index contributed by atoms with van der Waals surface area (Å²) < 4.78 is 15.6. The molecule has 2 heterocycles. The van der Waals surface area contributed by atoms with Gasteiger partial charge in [-0.05, 0) is 38.1 Å². The van der Waals surface area contributed by atoms with Crippen molar-refractivity contribution in [3.63, 3.8) is 0 Å². The summed E-state index contributed by atoms with van der Waals surface area (Å²) >= 11 is 0. The molecule has 4 nitrogen and oxygen atoms in total. The van der Waals surface area contributed by atoms with Crippen molar-refractivity contribution >= 4 is 16.9 Å². The van der Waals surface area contributed by atoms with Gasteiger partial charge < -0.3 is 10.3 Å². The third-order valence-electron chi connectivity index (χ3n) is 3.26. The van der Waals surface area contributed by atoms with Crippen LogP contribution in [-0.4, -0.2) is 14.5 Å². The fourth-order valence-electron chi connectivity index (χ4n) is 2.34. The van der Waals surface area contributed by atoms with Crippen molar-refractivity contribution in [2.24, 2.45) is 0 Å². The number of fused-ring (bicyclic) bond motifs is 1. The molecule has 0 unspecified atom stereocenters. The number of hydrogen-bond acceptors (Lipinski definition) is 3. The number of benzene rings is 1. The molecule has 2 aromatic heterocycles. The molecule has 2 N–H and O–H groups in total. The van der Waals surface area contributed by atoms with Gasteiger partial charge in [0.2, 0.25) is 0 Å². The van der Waals surface area contributed by atoms with Gasteiger partial charge in [0.1, 0.15) is 17.2 Å². The lowest BCUT2D eigenvalue weighted by atomic mass is 10.1. The van der Waals surface area contributed by atoms with Crippen molar-refractivity contribution in [3.8, 4) is 11.4 Å². The van der Waals surface area contributed by atoms with Crippen LogP contribution in [0.4, 0.5) is 10.1 Å². The Labute approximate surface area is 116 Å². The number of pyridine rings is 1. The molecule has 0 amide bonds. The highest BCUT2D eigenvalue weighted by atomic mass is 19.1. The van der Waals surface area contributed by atoms with Crippen LogP contribution in [0.25, 0.3) is 22.6 Å². The normalized spacial score (nSPS) is 11.4. The van der Waals surface area contributed by atoms with Crippen LogP contribution >= 0.6 is 0 Å². The molecule has 0 bridgehead atoms. The lowest BCUT2D eigenvalue weighted by molar-refractivity contribution is 0.617. The Morgan fingerprint density at radius 2 is 2.00 bits per heavy atom. The van der Waals surface area contributed by atoms with E-state index in [-0.39, 0.29) is 11.7 Å². The highest BCUT2D eigenvalue weighted by Crippen LogP contribution is 2.31. The summed E-state index contributed by atoms with van der Waals surface area (Å²) in [5.74, 6) is 0.212. The Morgan fingerprint density at radius 1 is 1.20 bits per heavy atom. The standard InChI is InChI=1S/C15H15FN4/c1-9(2)20-14(10-5-3-6-11(16)13(10)17)19-12-7-4-8-18-15(12)20/h3-9H,17H2,1-2H3. The van der Waals surface area contributed by atoms with Gasteiger partial charge in [0.25, 0.3) is 0 Å². The van der Waals surface area contributed by atoms with E-state index in [0.29, 0.717) is 11.4 Å². The summed E-state index contributed by atoms with van der Waals surface area (Å²) in [7, 11) is 0. The van der Waals surface area contributed by atoms with Gasteiger partial charge in [-0.3, -0.25) is 0 Å². The second-order valence-electron chi connectivity index (χ2n) is 4.95. The quantitative estimate of drug-likeness (QED) is 0.726. The fraction of sp³-hybridized carbons (Fsp3) is 0.200. The molecule has 1 aromatic carbocycles. The van der Waals surface area contributed by atoms with Crippen LogP contribution in [0.1, 0.15) is 19.9 Å². The number of rotatable bonds is 2. The molecule has 5 heteroatoms. The predicted molar refractivity (Wildman–Crippen MR) is 77.7 cm³/mol. The maximum Gasteiger partial charge on any atom is 0.160 e. The summed E-state index contributed by atoms with van der Waals surface area (Å²) in [6.07, 6.45) is 1.72. The van der Waals surface area contributed by atoms with Gasteiger partial charge in [-0.25, -0.2) is 14.4 Å². The van der Waals surface area contributed by atoms with E-state index in [1.807, 2.05) is 30.5 Å². The van der Waals surface area contributed by atoms with E-state index in [1.165, 1.54) is 6.07 Å². The van der Waals surface area contributed by atoms with Crippen molar-refractivity contribution in [1.29, 1.82) is 0 Å². The van der Waals surface area contributed by atoms with Crippen molar-refractivity contribution in [3.05, 3.63) is 42.3 Å². The Hall–Kier alpha value is -2.43. The minimum absolute atomic E-state index is 0.115. The number of nitrogen functional groups attached to an aromatic ring is 1. The van der Waals surface area contributed by atoms with Gasteiger partial charge in [0, 0.05) is 17.8 Å². The second-order valence-corrected chi connectivity index (χ2v) is 4.95. The predicted octanol–water partition coefficient (Wildman–Crippen LogP) is 3.40. The highest BCUT2D eigenvalue weighted by molar-refractivity contribution is 5.81. The lowest BCUT2D eigenvalue weighted by Gasteiger charge is -2.13. The number of hydrogen-bond donors (Lipinski definition) is 1. The van der Waals surface area contributed by atoms with Gasteiger partial charge in [-0.1, -0.05) is 6.07 Å². The van der Waals surface area contributed by atoms with E-state index in [4.69, 9.17) is 5.73 Å². The average molecular weight is 270 g/mol. The van der Waals surface area contributed by atoms with E-state index in [2.05, 4.69) is 9.97 Å².